The molecule has 7 nitrogen and oxygen atoms in total. The van der Waals surface area contributed by atoms with Crippen LogP contribution in [0.3, 0.4) is 0 Å². The Hall–Kier alpha value is -2.96. The highest BCUT2D eigenvalue weighted by molar-refractivity contribution is 7.91. The fourth-order valence-corrected chi connectivity index (χ4v) is 4.77. The van der Waals surface area contributed by atoms with Crippen LogP contribution >= 0.6 is 0 Å². The summed E-state index contributed by atoms with van der Waals surface area (Å²) < 4.78 is 37.6. The summed E-state index contributed by atoms with van der Waals surface area (Å²) >= 11 is 0. The van der Waals surface area contributed by atoms with E-state index in [0.717, 1.165) is 31.9 Å². The summed E-state index contributed by atoms with van der Waals surface area (Å²) in [6, 6.07) is 14.7. The van der Waals surface area contributed by atoms with Gasteiger partial charge in [0.05, 0.1) is 17.4 Å². The smallest absolute Gasteiger partial charge is 0.235 e. The second kappa shape index (κ2) is 10.4. The molecule has 0 radical (unpaired) electrons. The number of benzene rings is 2. The zero-order valence-corrected chi connectivity index (χ0v) is 17.9. The number of rotatable bonds is 8. The number of nitrogens with zero attached hydrogens (tertiary/aromatic N) is 3. The minimum Gasteiger partial charge on any atom is -0.369 e. The molecule has 1 aliphatic rings. The summed E-state index contributed by atoms with van der Waals surface area (Å²) in [7, 11) is -3.59. The van der Waals surface area contributed by atoms with Crippen molar-refractivity contribution in [3.8, 4) is 6.07 Å². The molecule has 1 fully saturated rings. The van der Waals surface area contributed by atoms with Crippen LogP contribution in [0.2, 0.25) is 0 Å². The Bertz CT molecular complexity index is 1030. The Morgan fingerprint density at radius 3 is 2.29 bits per heavy atom. The second-order valence-corrected chi connectivity index (χ2v) is 9.56. The number of anilines is 1. The van der Waals surface area contributed by atoms with E-state index in [1.54, 1.807) is 36.4 Å². The lowest BCUT2D eigenvalue weighted by Crippen LogP contribution is -2.48. The molecule has 0 aliphatic carbocycles. The van der Waals surface area contributed by atoms with Crippen molar-refractivity contribution in [1.29, 1.82) is 5.26 Å². The van der Waals surface area contributed by atoms with Gasteiger partial charge in [-0.05, 0) is 42.0 Å². The number of piperazine rings is 1. The van der Waals surface area contributed by atoms with Crippen LogP contribution in [0.5, 0.6) is 0 Å². The first-order valence-electron chi connectivity index (χ1n) is 10.0. The van der Waals surface area contributed by atoms with Gasteiger partial charge in [0.1, 0.15) is 11.6 Å². The number of nitrogens with one attached hydrogen (secondary N) is 1. The quantitative estimate of drug-likeness (QED) is 0.664. The zero-order valence-electron chi connectivity index (χ0n) is 17.1. The minimum absolute atomic E-state index is 0.239. The van der Waals surface area contributed by atoms with Crippen LogP contribution in [-0.4, -0.2) is 64.2 Å². The lowest BCUT2D eigenvalue weighted by atomic mass is 10.2. The molecule has 3 rings (SSSR count). The van der Waals surface area contributed by atoms with Crippen molar-refractivity contribution < 1.29 is 17.6 Å². The van der Waals surface area contributed by atoms with Gasteiger partial charge >= 0.3 is 0 Å². The van der Waals surface area contributed by atoms with Gasteiger partial charge in [-0.1, -0.05) is 12.1 Å². The van der Waals surface area contributed by atoms with E-state index in [-0.39, 0.29) is 11.6 Å². The third-order valence-electron chi connectivity index (χ3n) is 5.13. The Labute approximate surface area is 182 Å². The van der Waals surface area contributed by atoms with Crippen LogP contribution in [0.1, 0.15) is 11.1 Å². The largest absolute Gasteiger partial charge is 0.369 e. The first kappa shape index (κ1) is 22.7. The third kappa shape index (κ3) is 7.05. The topological polar surface area (TPSA) is 93.5 Å². The molecule has 1 heterocycles. The number of amides is 1. The standard InChI is InChI=1S/C22H25FN4O3S/c23-20-5-7-21(8-6-20)27-13-11-26(12-14-27)10-9-25-22(28)17-31(29,30)16-19-3-1-18(15-24)2-4-19/h1-8H,9-14,16-17H2,(H,25,28). The van der Waals surface area contributed by atoms with Crippen LogP contribution in [0.15, 0.2) is 48.5 Å². The molecule has 0 spiro atoms. The van der Waals surface area contributed by atoms with Gasteiger partial charge in [0.2, 0.25) is 5.91 Å². The molecule has 0 bridgehead atoms. The molecule has 0 saturated carbocycles. The maximum absolute atomic E-state index is 13.1. The molecule has 31 heavy (non-hydrogen) atoms. The van der Waals surface area contributed by atoms with Crippen molar-refractivity contribution in [3.63, 3.8) is 0 Å². The first-order chi connectivity index (χ1) is 14.8. The molecular weight excluding hydrogens is 419 g/mol. The number of carbonyl (C=O) groups excluding carboxylic acids is 1. The van der Waals surface area contributed by atoms with E-state index < -0.39 is 21.5 Å². The van der Waals surface area contributed by atoms with E-state index in [9.17, 15) is 17.6 Å². The fourth-order valence-electron chi connectivity index (χ4n) is 3.47. The van der Waals surface area contributed by atoms with Crippen LogP contribution in [0.4, 0.5) is 10.1 Å². The van der Waals surface area contributed by atoms with Crippen LogP contribution in [-0.2, 0) is 20.4 Å². The highest BCUT2D eigenvalue weighted by Gasteiger charge is 2.19. The first-order valence-corrected chi connectivity index (χ1v) is 11.9. The van der Waals surface area contributed by atoms with Gasteiger partial charge in [-0.2, -0.15) is 5.26 Å². The Balaban J connectivity index is 1.37. The molecule has 164 valence electrons. The lowest BCUT2D eigenvalue weighted by Gasteiger charge is -2.36. The lowest BCUT2D eigenvalue weighted by molar-refractivity contribution is -0.118. The number of carbonyl (C=O) groups is 1. The predicted molar refractivity (Wildman–Crippen MR) is 117 cm³/mol. The summed E-state index contributed by atoms with van der Waals surface area (Å²) in [4.78, 5) is 16.4. The molecule has 1 aliphatic heterocycles. The van der Waals surface area contributed by atoms with Gasteiger partial charge in [-0.25, -0.2) is 12.8 Å². The van der Waals surface area contributed by atoms with Crippen LogP contribution < -0.4 is 10.2 Å². The summed E-state index contributed by atoms with van der Waals surface area (Å²) in [5.41, 5.74) is 1.99. The third-order valence-corrected chi connectivity index (χ3v) is 6.61. The van der Waals surface area contributed by atoms with Crippen molar-refractivity contribution in [2.75, 3.05) is 49.9 Å². The molecule has 0 unspecified atom stereocenters. The molecule has 9 heteroatoms. The normalized spacial score (nSPS) is 14.8. The number of hydrogen-bond acceptors (Lipinski definition) is 6. The monoisotopic (exact) mass is 444 g/mol. The maximum atomic E-state index is 13.1. The van der Waals surface area contributed by atoms with E-state index in [4.69, 9.17) is 5.26 Å². The Kier molecular flexibility index (Phi) is 7.60. The van der Waals surface area contributed by atoms with Crippen molar-refractivity contribution >= 4 is 21.4 Å². The molecular formula is C22H25FN4O3S. The van der Waals surface area contributed by atoms with E-state index in [2.05, 4.69) is 15.1 Å². The summed E-state index contributed by atoms with van der Waals surface area (Å²) in [6.07, 6.45) is 0. The molecule has 2 aromatic rings. The fraction of sp³-hybridized carbons (Fsp3) is 0.364. The average Bonchev–Trinajstić information content (AvgIpc) is 2.75. The highest BCUT2D eigenvalue weighted by atomic mass is 32.2. The molecule has 0 atom stereocenters. The zero-order chi connectivity index (χ0) is 22.3. The van der Waals surface area contributed by atoms with Gasteiger partial charge in [-0.3, -0.25) is 9.69 Å². The van der Waals surface area contributed by atoms with Crippen LogP contribution in [0, 0.1) is 17.1 Å². The van der Waals surface area contributed by atoms with E-state index in [1.165, 1.54) is 12.1 Å². The average molecular weight is 445 g/mol. The van der Waals surface area contributed by atoms with Crippen molar-refractivity contribution in [3.05, 3.63) is 65.5 Å². The van der Waals surface area contributed by atoms with E-state index >= 15 is 0 Å². The van der Waals surface area contributed by atoms with Gasteiger partial charge in [-0.15, -0.1) is 0 Å². The van der Waals surface area contributed by atoms with Gasteiger partial charge in [0.15, 0.2) is 9.84 Å². The number of nitriles is 1. The number of hydrogen-bond donors (Lipinski definition) is 1. The van der Waals surface area contributed by atoms with Crippen molar-refractivity contribution in [2.45, 2.75) is 5.75 Å². The van der Waals surface area contributed by atoms with Gasteiger partial charge < -0.3 is 10.2 Å². The highest BCUT2D eigenvalue weighted by Crippen LogP contribution is 2.16. The van der Waals surface area contributed by atoms with Crippen molar-refractivity contribution in [1.82, 2.24) is 10.2 Å². The second-order valence-electron chi connectivity index (χ2n) is 7.50. The van der Waals surface area contributed by atoms with Crippen molar-refractivity contribution in [2.24, 2.45) is 0 Å². The Morgan fingerprint density at radius 2 is 1.68 bits per heavy atom. The molecule has 1 amide bonds. The maximum Gasteiger partial charge on any atom is 0.235 e. The minimum atomic E-state index is -3.59. The molecule has 2 aromatic carbocycles. The molecule has 1 saturated heterocycles. The number of halogens is 1. The molecule has 0 aromatic heterocycles. The van der Waals surface area contributed by atoms with E-state index in [1.807, 2.05) is 6.07 Å². The summed E-state index contributed by atoms with van der Waals surface area (Å²) in [5, 5.41) is 11.5. The summed E-state index contributed by atoms with van der Waals surface area (Å²) in [5.74, 6) is -1.57. The van der Waals surface area contributed by atoms with Gasteiger partial charge in [0.25, 0.3) is 0 Å². The summed E-state index contributed by atoms with van der Waals surface area (Å²) in [6.45, 7) is 4.24. The molecule has 1 N–H and O–H groups in total. The predicted octanol–water partition coefficient (Wildman–Crippen LogP) is 1.55. The van der Waals surface area contributed by atoms with Crippen LogP contribution in [0.25, 0.3) is 0 Å². The Morgan fingerprint density at radius 1 is 1.03 bits per heavy atom. The van der Waals surface area contributed by atoms with E-state index in [0.29, 0.717) is 24.2 Å². The SMILES string of the molecule is N#Cc1ccc(CS(=O)(=O)CC(=O)NCCN2CCN(c3ccc(F)cc3)CC2)cc1. The van der Waals surface area contributed by atoms with Gasteiger partial charge in [0, 0.05) is 45.0 Å². The number of sulfone groups is 1.